The number of anilines is 2. The van der Waals surface area contributed by atoms with Crippen molar-refractivity contribution < 1.29 is 18.7 Å². The third kappa shape index (κ3) is 6.03. The minimum atomic E-state index is -0.539. The standard InChI is InChI=1S/C23H21FN6O3S2/c1-13-4-9-17(14(2)10-13)25-19(31)12-34-23-28-27-22(35-23)26-21(32)20-18(33-3)11-30(29-20)16-7-5-15(24)6-8-16/h4-11H,12H2,1-3H3,(H,25,31)(H,26,27,32). The fraction of sp³-hybridized carbons (Fsp3) is 0.174. The average molecular weight is 513 g/mol. The maximum atomic E-state index is 13.2. The summed E-state index contributed by atoms with van der Waals surface area (Å²) < 4.78 is 20.4. The zero-order chi connectivity index (χ0) is 24.9. The highest BCUT2D eigenvalue weighted by atomic mass is 32.2. The second kappa shape index (κ2) is 10.7. The topological polar surface area (TPSA) is 111 Å². The lowest BCUT2D eigenvalue weighted by Gasteiger charge is -2.08. The maximum absolute atomic E-state index is 13.2. The molecule has 2 heterocycles. The van der Waals surface area contributed by atoms with Crippen LogP contribution in [0.3, 0.4) is 0 Å². The van der Waals surface area contributed by atoms with Gasteiger partial charge in [0.25, 0.3) is 5.91 Å². The molecule has 0 fully saturated rings. The molecule has 4 rings (SSSR count). The first-order chi connectivity index (χ1) is 16.8. The maximum Gasteiger partial charge on any atom is 0.281 e. The summed E-state index contributed by atoms with van der Waals surface area (Å²) in [5, 5.41) is 18.0. The lowest BCUT2D eigenvalue weighted by molar-refractivity contribution is -0.113. The molecule has 180 valence electrons. The summed E-state index contributed by atoms with van der Waals surface area (Å²) in [6.45, 7) is 3.93. The Bertz CT molecular complexity index is 1370. The number of ether oxygens (including phenoxy) is 1. The van der Waals surface area contributed by atoms with E-state index in [1.54, 1.807) is 0 Å². The largest absolute Gasteiger partial charge is 0.493 e. The van der Waals surface area contributed by atoms with Crippen molar-refractivity contribution in [2.75, 3.05) is 23.5 Å². The summed E-state index contributed by atoms with van der Waals surface area (Å²) in [6, 6.07) is 11.5. The van der Waals surface area contributed by atoms with E-state index in [9.17, 15) is 14.0 Å². The second-order valence-corrected chi connectivity index (χ2v) is 9.65. The van der Waals surface area contributed by atoms with E-state index in [4.69, 9.17) is 4.74 Å². The molecule has 2 aromatic heterocycles. The first kappa shape index (κ1) is 24.4. The van der Waals surface area contributed by atoms with Crippen LogP contribution in [0.4, 0.5) is 15.2 Å². The predicted octanol–water partition coefficient (Wildman–Crippen LogP) is 4.47. The molecular weight excluding hydrogens is 491 g/mol. The average Bonchev–Trinajstić information content (AvgIpc) is 3.47. The van der Waals surface area contributed by atoms with Gasteiger partial charge < -0.3 is 10.1 Å². The highest BCUT2D eigenvalue weighted by Crippen LogP contribution is 2.27. The summed E-state index contributed by atoms with van der Waals surface area (Å²) in [4.78, 5) is 25.1. The molecule has 0 aliphatic rings. The Labute approximate surface area is 208 Å². The number of amides is 2. The van der Waals surface area contributed by atoms with Crippen LogP contribution in [-0.2, 0) is 4.79 Å². The van der Waals surface area contributed by atoms with Crippen LogP contribution in [0, 0.1) is 19.7 Å². The number of aromatic nitrogens is 4. The summed E-state index contributed by atoms with van der Waals surface area (Å²) >= 11 is 2.36. The van der Waals surface area contributed by atoms with Gasteiger partial charge in [-0.2, -0.15) is 5.10 Å². The van der Waals surface area contributed by atoms with E-state index >= 15 is 0 Å². The Morgan fingerprint density at radius 2 is 1.89 bits per heavy atom. The number of carbonyl (C=O) groups excluding carboxylic acids is 2. The van der Waals surface area contributed by atoms with Crippen LogP contribution in [0.2, 0.25) is 0 Å². The van der Waals surface area contributed by atoms with Gasteiger partial charge in [-0.1, -0.05) is 40.8 Å². The normalized spacial score (nSPS) is 10.7. The predicted molar refractivity (Wildman–Crippen MR) is 133 cm³/mol. The van der Waals surface area contributed by atoms with Crippen molar-refractivity contribution >= 4 is 45.7 Å². The van der Waals surface area contributed by atoms with E-state index in [0.29, 0.717) is 10.0 Å². The first-order valence-electron chi connectivity index (χ1n) is 10.4. The minimum Gasteiger partial charge on any atom is -0.493 e. The summed E-state index contributed by atoms with van der Waals surface area (Å²) in [5.74, 6) is -0.694. The van der Waals surface area contributed by atoms with Gasteiger partial charge in [-0.05, 0) is 49.7 Å². The zero-order valence-corrected chi connectivity index (χ0v) is 20.7. The lowest BCUT2D eigenvalue weighted by Crippen LogP contribution is -2.14. The fourth-order valence-corrected chi connectivity index (χ4v) is 4.68. The van der Waals surface area contributed by atoms with Crippen molar-refractivity contribution in [3.63, 3.8) is 0 Å². The molecule has 12 heteroatoms. The van der Waals surface area contributed by atoms with Crippen molar-refractivity contribution in [2.45, 2.75) is 18.2 Å². The van der Waals surface area contributed by atoms with Crippen LogP contribution < -0.4 is 15.4 Å². The first-order valence-corrected chi connectivity index (χ1v) is 12.2. The van der Waals surface area contributed by atoms with Crippen molar-refractivity contribution in [3.8, 4) is 11.4 Å². The van der Waals surface area contributed by atoms with E-state index in [0.717, 1.165) is 28.2 Å². The highest BCUT2D eigenvalue weighted by Gasteiger charge is 2.20. The van der Waals surface area contributed by atoms with Crippen LogP contribution in [0.25, 0.3) is 5.69 Å². The van der Waals surface area contributed by atoms with Crippen LogP contribution >= 0.6 is 23.1 Å². The van der Waals surface area contributed by atoms with Crippen LogP contribution in [-0.4, -0.2) is 44.7 Å². The number of hydrogen-bond acceptors (Lipinski definition) is 8. The van der Waals surface area contributed by atoms with Crippen molar-refractivity contribution in [2.24, 2.45) is 0 Å². The SMILES string of the molecule is COc1cn(-c2ccc(F)cc2)nc1C(=O)Nc1nnc(SCC(=O)Nc2ccc(C)cc2C)s1. The molecular formula is C23H21FN6O3S2. The molecule has 0 aliphatic carbocycles. The number of nitrogens with zero attached hydrogens (tertiary/aromatic N) is 4. The quantitative estimate of drug-likeness (QED) is 0.265. The molecule has 0 saturated heterocycles. The molecule has 0 saturated carbocycles. The number of aryl methyl sites for hydroxylation is 2. The van der Waals surface area contributed by atoms with Gasteiger partial charge in [0.1, 0.15) is 5.82 Å². The lowest BCUT2D eigenvalue weighted by atomic mass is 10.1. The van der Waals surface area contributed by atoms with Gasteiger partial charge in [0, 0.05) is 5.69 Å². The van der Waals surface area contributed by atoms with Gasteiger partial charge in [-0.25, -0.2) is 9.07 Å². The number of nitrogens with one attached hydrogen (secondary N) is 2. The van der Waals surface area contributed by atoms with Crippen molar-refractivity contribution in [1.82, 2.24) is 20.0 Å². The summed E-state index contributed by atoms with van der Waals surface area (Å²) in [7, 11) is 1.42. The van der Waals surface area contributed by atoms with Crippen molar-refractivity contribution in [1.29, 1.82) is 0 Å². The number of benzene rings is 2. The number of carbonyl (C=O) groups is 2. The Morgan fingerprint density at radius 1 is 1.11 bits per heavy atom. The van der Waals surface area contributed by atoms with Gasteiger partial charge in [-0.15, -0.1) is 10.2 Å². The van der Waals surface area contributed by atoms with Crippen LogP contribution in [0.1, 0.15) is 21.6 Å². The van der Waals surface area contributed by atoms with Crippen LogP contribution in [0.5, 0.6) is 5.75 Å². The van der Waals surface area contributed by atoms with E-state index in [1.165, 1.54) is 54.0 Å². The Hall–Kier alpha value is -3.77. The van der Waals surface area contributed by atoms with Crippen molar-refractivity contribution in [3.05, 3.63) is 71.3 Å². The van der Waals surface area contributed by atoms with E-state index in [2.05, 4.69) is 25.9 Å². The molecule has 35 heavy (non-hydrogen) atoms. The van der Waals surface area contributed by atoms with Gasteiger partial charge >= 0.3 is 0 Å². The molecule has 2 aromatic carbocycles. The van der Waals surface area contributed by atoms with Gasteiger partial charge in [0.15, 0.2) is 15.8 Å². The van der Waals surface area contributed by atoms with E-state index in [-0.39, 0.29) is 34.1 Å². The minimum absolute atomic E-state index is 0.0362. The van der Waals surface area contributed by atoms with Gasteiger partial charge in [0.05, 0.1) is 24.7 Å². The molecule has 0 radical (unpaired) electrons. The Kier molecular flexibility index (Phi) is 7.42. The zero-order valence-electron chi connectivity index (χ0n) is 19.0. The fourth-order valence-electron chi connectivity index (χ4n) is 3.13. The van der Waals surface area contributed by atoms with E-state index in [1.807, 2.05) is 32.0 Å². The number of thioether (sulfide) groups is 1. The van der Waals surface area contributed by atoms with Crippen LogP contribution in [0.15, 0.2) is 53.0 Å². The third-order valence-corrected chi connectivity index (χ3v) is 6.79. The highest BCUT2D eigenvalue weighted by molar-refractivity contribution is 8.01. The van der Waals surface area contributed by atoms with E-state index < -0.39 is 5.91 Å². The molecule has 0 unspecified atom stereocenters. The Morgan fingerprint density at radius 3 is 2.60 bits per heavy atom. The van der Waals surface area contributed by atoms with Gasteiger partial charge in [-0.3, -0.25) is 14.9 Å². The number of halogens is 1. The van der Waals surface area contributed by atoms with Gasteiger partial charge in [0.2, 0.25) is 11.0 Å². The number of rotatable bonds is 8. The molecule has 4 aromatic rings. The second-order valence-electron chi connectivity index (χ2n) is 7.45. The molecule has 0 spiro atoms. The molecule has 0 aliphatic heterocycles. The molecule has 2 amide bonds. The third-order valence-electron chi connectivity index (χ3n) is 4.82. The molecule has 0 atom stereocenters. The number of methoxy groups -OCH3 is 1. The number of hydrogen-bond donors (Lipinski definition) is 2. The smallest absolute Gasteiger partial charge is 0.281 e. The monoisotopic (exact) mass is 512 g/mol. The summed E-state index contributed by atoms with van der Waals surface area (Å²) in [5.41, 5.74) is 3.48. The molecule has 2 N–H and O–H groups in total. The molecule has 0 bridgehead atoms. The molecule has 9 nitrogen and oxygen atoms in total. The summed E-state index contributed by atoms with van der Waals surface area (Å²) in [6.07, 6.45) is 1.53. The Balaban J connectivity index is 1.36.